The Balaban J connectivity index is 2.37. The first kappa shape index (κ1) is 13.8. The van der Waals surface area contributed by atoms with Gasteiger partial charge in [0.1, 0.15) is 5.65 Å². The van der Waals surface area contributed by atoms with Gasteiger partial charge in [-0.2, -0.15) is 0 Å². The molecule has 0 fully saturated rings. The van der Waals surface area contributed by atoms with E-state index in [1.54, 1.807) is 18.2 Å². The molecule has 7 nitrogen and oxygen atoms in total. The van der Waals surface area contributed by atoms with Crippen LogP contribution >= 0.6 is 11.6 Å². The summed E-state index contributed by atoms with van der Waals surface area (Å²) >= 11 is 5.85. The molecule has 0 saturated carbocycles. The highest BCUT2D eigenvalue weighted by molar-refractivity contribution is 7.89. The van der Waals surface area contributed by atoms with Gasteiger partial charge in [-0.25, -0.2) is 18.1 Å². The zero-order valence-electron chi connectivity index (χ0n) is 9.71. The predicted molar refractivity (Wildman–Crippen MR) is 69.2 cm³/mol. The molecule has 2 aromatic rings. The van der Waals surface area contributed by atoms with Crippen molar-refractivity contribution in [2.45, 2.75) is 11.4 Å². The number of fused-ring (bicyclic) bond motifs is 1. The minimum absolute atomic E-state index is 0.0892. The molecule has 102 valence electrons. The van der Waals surface area contributed by atoms with Gasteiger partial charge in [0.25, 0.3) is 10.0 Å². The van der Waals surface area contributed by atoms with Crippen molar-refractivity contribution in [3.05, 3.63) is 29.5 Å². The molecule has 0 spiro atoms. The molecule has 0 saturated heterocycles. The number of carbonyl (C=O) groups excluding carboxylic acids is 1. The van der Waals surface area contributed by atoms with Crippen molar-refractivity contribution in [1.29, 1.82) is 0 Å². The standard InChI is InChI=1S/C10H11ClN4O3S/c11-9-10(15-6-2-1-3-8(15)14-9)19(17,18)13-5-4-7(12)16/h1-3,6,13H,4-5H2,(H2,12,16). The normalized spacial score (nSPS) is 11.8. The second-order valence-electron chi connectivity index (χ2n) is 3.75. The summed E-state index contributed by atoms with van der Waals surface area (Å²) < 4.78 is 27.8. The number of pyridine rings is 1. The summed E-state index contributed by atoms with van der Waals surface area (Å²) in [5.41, 5.74) is 5.36. The molecular weight excluding hydrogens is 292 g/mol. The number of nitrogens with zero attached hydrogens (tertiary/aromatic N) is 2. The maximum Gasteiger partial charge on any atom is 0.259 e. The second kappa shape index (κ2) is 5.16. The second-order valence-corrected chi connectivity index (χ2v) is 5.79. The van der Waals surface area contributed by atoms with Crippen molar-refractivity contribution in [2.75, 3.05) is 6.54 Å². The van der Waals surface area contributed by atoms with Crippen LogP contribution in [0.3, 0.4) is 0 Å². The van der Waals surface area contributed by atoms with Gasteiger partial charge in [0.15, 0.2) is 10.2 Å². The number of halogens is 1. The lowest BCUT2D eigenvalue weighted by Gasteiger charge is -2.05. The summed E-state index contributed by atoms with van der Waals surface area (Å²) in [7, 11) is -3.86. The van der Waals surface area contributed by atoms with E-state index in [2.05, 4.69) is 9.71 Å². The largest absolute Gasteiger partial charge is 0.370 e. The van der Waals surface area contributed by atoms with Gasteiger partial charge in [-0.3, -0.25) is 9.20 Å². The van der Waals surface area contributed by atoms with Crippen LogP contribution in [0, 0.1) is 0 Å². The number of sulfonamides is 1. The number of aromatic nitrogens is 2. The number of nitrogens with one attached hydrogen (secondary N) is 1. The molecule has 2 aromatic heterocycles. The first-order chi connectivity index (χ1) is 8.92. The van der Waals surface area contributed by atoms with E-state index < -0.39 is 15.9 Å². The van der Waals surface area contributed by atoms with Gasteiger partial charge in [0.2, 0.25) is 5.91 Å². The Morgan fingerprint density at radius 1 is 1.47 bits per heavy atom. The highest BCUT2D eigenvalue weighted by Crippen LogP contribution is 2.22. The lowest BCUT2D eigenvalue weighted by atomic mass is 10.4. The van der Waals surface area contributed by atoms with E-state index in [-0.39, 0.29) is 23.1 Å². The molecule has 2 rings (SSSR count). The van der Waals surface area contributed by atoms with Crippen molar-refractivity contribution in [2.24, 2.45) is 5.73 Å². The molecule has 0 atom stereocenters. The fraction of sp³-hybridized carbons (Fsp3) is 0.200. The molecular formula is C10H11ClN4O3S. The zero-order valence-corrected chi connectivity index (χ0v) is 11.3. The Labute approximate surface area is 114 Å². The lowest BCUT2D eigenvalue weighted by Crippen LogP contribution is -2.29. The van der Waals surface area contributed by atoms with Crippen LogP contribution in [0.5, 0.6) is 0 Å². The highest BCUT2D eigenvalue weighted by Gasteiger charge is 2.23. The number of rotatable bonds is 5. The van der Waals surface area contributed by atoms with Crippen LogP contribution in [0.4, 0.5) is 0 Å². The third-order valence-electron chi connectivity index (χ3n) is 2.36. The van der Waals surface area contributed by atoms with E-state index in [1.165, 1.54) is 10.6 Å². The molecule has 9 heteroatoms. The Kier molecular flexibility index (Phi) is 3.74. The van der Waals surface area contributed by atoms with Crippen LogP contribution in [0.15, 0.2) is 29.4 Å². The Bertz CT molecular complexity index is 725. The minimum atomic E-state index is -3.86. The molecule has 2 heterocycles. The van der Waals surface area contributed by atoms with Gasteiger partial charge in [-0.15, -0.1) is 0 Å². The smallest absolute Gasteiger partial charge is 0.259 e. The first-order valence-corrected chi connectivity index (χ1v) is 7.18. The van der Waals surface area contributed by atoms with Crippen LogP contribution in [0.2, 0.25) is 5.15 Å². The van der Waals surface area contributed by atoms with Crippen LogP contribution in [-0.2, 0) is 14.8 Å². The van der Waals surface area contributed by atoms with E-state index in [9.17, 15) is 13.2 Å². The third kappa shape index (κ3) is 2.86. The first-order valence-electron chi connectivity index (χ1n) is 5.32. The molecule has 3 N–H and O–H groups in total. The molecule has 1 amide bonds. The zero-order chi connectivity index (χ0) is 14.0. The van der Waals surface area contributed by atoms with E-state index in [0.29, 0.717) is 5.65 Å². The minimum Gasteiger partial charge on any atom is -0.370 e. The van der Waals surface area contributed by atoms with E-state index in [4.69, 9.17) is 17.3 Å². The predicted octanol–water partition coefficient (Wildman–Crippen LogP) is 0.141. The Hall–Kier alpha value is -1.64. The Morgan fingerprint density at radius 2 is 2.21 bits per heavy atom. The molecule has 0 unspecified atom stereocenters. The number of carbonyl (C=O) groups is 1. The lowest BCUT2D eigenvalue weighted by molar-refractivity contribution is -0.117. The SMILES string of the molecule is NC(=O)CCNS(=O)(=O)c1c(Cl)nc2ccccn12. The fourth-order valence-electron chi connectivity index (χ4n) is 1.56. The monoisotopic (exact) mass is 302 g/mol. The van der Waals surface area contributed by atoms with Gasteiger partial charge in [-0.1, -0.05) is 17.7 Å². The summed E-state index contributed by atoms with van der Waals surface area (Å²) in [5.74, 6) is -0.591. The molecule has 0 aromatic carbocycles. The van der Waals surface area contributed by atoms with Crippen LogP contribution in [0.25, 0.3) is 5.65 Å². The average molecular weight is 303 g/mol. The molecule has 0 radical (unpaired) electrons. The summed E-state index contributed by atoms with van der Waals surface area (Å²) in [6.07, 6.45) is 1.45. The number of hydrogen-bond donors (Lipinski definition) is 2. The van der Waals surface area contributed by atoms with Gasteiger partial charge >= 0.3 is 0 Å². The van der Waals surface area contributed by atoms with Crippen LogP contribution in [0.1, 0.15) is 6.42 Å². The fourth-order valence-corrected chi connectivity index (χ4v) is 3.23. The summed E-state index contributed by atoms with van der Waals surface area (Å²) in [4.78, 5) is 14.5. The van der Waals surface area contributed by atoms with E-state index >= 15 is 0 Å². The van der Waals surface area contributed by atoms with Gasteiger partial charge in [0, 0.05) is 19.2 Å². The third-order valence-corrected chi connectivity index (χ3v) is 4.22. The van der Waals surface area contributed by atoms with Crippen molar-refractivity contribution in [3.8, 4) is 0 Å². The van der Waals surface area contributed by atoms with Crippen LogP contribution < -0.4 is 10.5 Å². The van der Waals surface area contributed by atoms with Crippen molar-refractivity contribution >= 4 is 33.2 Å². The van der Waals surface area contributed by atoms with E-state index in [0.717, 1.165) is 0 Å². The van der Waals surface area contributed by atoms with Gasteiger partial charge in [-0.05, 0) is 12.1 Å². The van der Waals surface area contributed by atoms with Crippen molar-refractivity contribution < 1.29 is 13.2 Å². The molecule has 0 bridgehead atoms. The van der Waals surface area contributed by atoms with Gasteiger partial charge < -0.3 is 5.73 Å². The summed E-state index contributed by atoms with van der Waals surface area (Å²) in [6.45, 7) is -0.0892. The quantitative estimate of drug-likeness (QED) is 0.819. The maximum absolute atomic E-state index is 12.1. The molecule has 0 aliphatic heterocycles. The van der Waals surface area contributed by atoms with E-state index in [1.807, 2.05) is 0 Å². The number of amides is 1. The van der Waals surface area contributed by atoms with Crippen molar-refractivity contribution in [1.82, 2.24) is 14.1 Å². The summed E-state index contributed by atoms with van der Waals surface area (Å²) in [5, 5.41) is -0.285. The number of hydrogen-bond acceptors (Lipinski definition) is 4. The number of imidazole rings is 1. The number of primary amides is 1. The highest BCUT2D eigenvalue weighted by atomic mass is 35.5. The maximum atomic E-state index is 12.1. The van der Waals surface area contributed by atoms with Gasteiger partial charge in [0.05, 0.1) is 0 Å². The number of nitrogens with two attached hydrogens (primary N) is 1. The molecule has 19 heavy (non-hydrogen) atoms. The Morgan fingerprint density at radius 3 is 2.89 bits per heavy atom. The molecule has 0 aliphatic carbocycles. The van der Waals surface area contributed by atoms with Crippen LogP contribution in [-0.4, -0.2) is 30.3 Å². The molecule has 0 aliphatic rings. The van der Waals surface area contributed by atoms with Crippen molar-refractivity contribution in [3.63, 3.8) is 0 Å². The topological polar surface area (TPSA) is 107 Å². The average Bonchev–Trinajstić information content (AvgIpc) is 2.64. The summed E-state index contributed by atoms with van der Waals surface area (Å²) in [6, 6.07) is 5.01.